The van der Waals surface area contributed by atoms with Gasteiger partial charge in [0.05, 0.1) is 0 Å². The summed E-state index contributed by atoms with van der Waals surface area (Å²) in [6, 6.07) is 31.3. The summed E-state index contributed by atoms with van der Waals surface area (Å²) in [4.78, 5) is 0. The van der Waals surface area contributed by atoms with Gasteiger partial charge in [-0.05, 0) is 34.6 Å². The van der Waals surface area contributed by atoms with Crippen LogP contribution in [0.25, 0.3) is 0 Å². The Bertz CT molecular complexity index is 722. The van der Waals surface area contributed by atoms with Gasteiger partial charge >= 0.3 is 0 Å². The maximum absolute atomic E-state index is 2.35. The standard InChI is InChI=1S/C24H24/c1-2-11-22-23(18-12-5-3-6-13-18)20-16-9-10-17-21(20)24(22)19-14-7-4-8-15-19/h3-10,12-17,22-24H,2,11H2,1H3/t22?,23-,24+. The van der Waals surface area contributed by atoms with E-state index in [0.717, 1.165) is 0 Å². The fourth-order valence-electron chi connectivity index (χ4n) is 4.57. The Kier molecular flexibility index (Phi) is 4.21. The van der Waals surface area contributed by atoms with Crippen LogP contribution in [-0.4, -0.2) is 0 Å². The lowest BCUT2D eigenvalue weighted by molar-refractivity contribution is 0.420. The molecule has 0 spiro atoms. The summed E-state index contributed by atoms with van der Waals surface area (Å²) in [5, 5.41) is 0. The molecule has 0 aliphatic heterocycles. The molecule has 120 valence electrons. The summed E-state index contributed by atoms with van der Waals surface area (Å²) < 4.78 is 0. The van der Waals surface area contributed by atoms with Crippen LogP contribution in [0.1, 0.15) is 53.9 Å². The van der Waals surface area contributed by atoms with Crippen molar-refractivity contribution in [1.82, 2.24) is 0 Å². The summed E-state index contributed by atoms with van der Waals surface area (Å²) in [6.07, 6.45) is 2.49. The highest BCUT2D eigenvalue weighted by atomic mass is 14.4. The van der Waals surface area contributed by atoms with Crippen LogP contribution in [0.4, 0.5) is 0 Å². The number of hydrogen-bond donors (Lipinski definition) is 0. The summed E-state index contributed by atoms with van der Waals surface area (Å²) in [5.74, 6) is 1.65. The summed E-state index contributed by atoms with van der Waals surface area (Å²) >= 11 is 0. The van der Waals surface area contributed by atoms with Gasteiger partial charge in [0.15, 0.2) is 0 Å². The molecule has 3 aromatic carbocycles. The van der Waals surface area contributed by atoms with Crippen molar-refractivity contribution in [3.05, 3.63) is 107 Å². The topological polar surface area (TPSA) is 0 Å². The molecule has 0 nitrogen and oxygen atoms in total. The van der Waals surface area contributed by atoms with Crippen LogP contribution in [0.2, 0.25) is 0 Å². The monoisotopic (exact) mass is 312 g/mol. The lowest BCUT2D eigenvalue weighted by Gasteiger charge is -2.26. The van der Waals surface area contributed by atoms with Gasteiger partial charge in [0.25, 0.3) is 0 Å². The van der Waals surface area contributed by atoms with Crippen molar-refractivity contribution in [3.8, 4) is 0 Å². The lowest BCUT2D eigenvalue weighted by atomic mass is 9.77. The van der Waals surface area contributed by atoms with Crippen LogP contribution in [0, 0.1) is 5.92 Å². The van der Waals surface area contributed by atoms with E-state index < -0.39 is 0 Å². The van der Waals surface area contributed by atoms with Crippen LogP contribution < -0.4 is 0 Å². The first-order valence-corrected chi connectivity index (χ1v) is 9.09. The molecule has 0 saturated heterocycles. The third-order valence-corrected chi connectivity index (χ3v) is 5.46. The lowest BCUT2D eigenvalue weighted by Crippen LogP contribution is -2.14. The molecular formula is C24H24. The Hall–Kier alpha value is -2.34. The zero-order valence-electron chi connectivity index (χ0n) is 14.2. The molecule has 1 aliphatic rings. The minimum atomic E-state index is 0.507. The van der Waals surface area contributed by atoms with Crippen molar-refractivity contribution in [1.29, 1.82) is 0 Å². The summed E-state index contributed by atoms with van der Waals surface area (Å²) in [5.41, 5.74) is 5.97. The molecule has 24 heavy (non-hydrogen) atoms. The fraction of sp³-hybridized carbons (Fsp3) is 0.250. The first-order valence-electron chi connectivity index (χ1n) is 9.09. The van der Waals surface area contributed by atoms with Crippen LogP contribution in [0.3, 0.4) is 0 Å². The van der Waals surface area contributed by atoms with Crippen LogP contribution >= 0.6 is 0 Å². The maximum Gasteiger partial charge on any atom is 0.0130 e. The molecule has 0 bridgehead atoms. The Morgan fingerprint density at radius 1 is 0.583 bits per heavy atom. The molecule has 0 saturated carbocycles. The van der Waals surface area contributed by atoms with Gasteiger partial charge in [-0.25, -0.2) is 0 Å². The van der Waals surface area contributed by atoms with E-state index in [1.165, 1.54) is 35.1 Å². The Morgan fingerprint density at radius 2 is 1.00 bits per heavy atom. The molecule has 0 aromatic heterocycles. The fourth-order valence-corrected chi connectivity index (χ4v) is 4.57. The summed E-state index contributed by atoms with van der Waals surface area (Å²) in [7, 11) is 0. The van der Waals surface area contributed by atoms with Gasteiger partial charge in [-0.3, -0.25) is 0 Å². The molecule has 4 rings (SSSR count). The Morgan fingerprint density at radius 3 is 1.42 bits per heavy atom. The van der Waals surface area contributed by atoms with Gasteiger partial charge in [0.1, 0.15) is 0 Å². The third-order valence-electron chi connectivity index (χ3n) is 5.46. The molecule has 1 unspecified atom stereocenters. The molecular weight excluding hydrogens is 288 g/mol. The second-order valence-electron chi connectivity index (χ2n) is 6.86. The van der Waals surface area contributed by atoms with Gasteiger partial charge in [-0.1, -0.05) is 98.3 Å². The second kappa shape index (κ2) is 6.65. The van der Waals surface area contributed by atoms with Gasteiger partial charge in [0, 0.05) is 11.8 Å². The average molecular weight is 312 g/mol. The van der Waals surface area contributed by atoms with Crippen molar-refractivity contribution < 1.29 is 0 Å². The molecule has 0 radical (unpaired) electrons. The predicted molar refractivity (Wildman–Crippen MR) is 101 cm³/mol. The molecule has 0 amide bonds. The van der Waals surface area contributed by atoms with Crippen molar-refractivity contribution in [2.45, 2.75) is 31.6 Å². The SMILES string of the molecule is CCCC1[C@H](c2ccccc2)c2ccccc2[C@@H]1c1ccccc1. The van der Waals surface area contributed by atoms with Crippen LogP contribution in [0.5, 0.6) is 0 Å². The highest BCUT2D eigenvalue weighted by Crippen LogP contribution is 2.53. The van der Waals surface area contributed by atoms with Crippen molar-refractivity contribution >= 4 is 0 Å². The van der Waals surface area contributed by atoms with Crippen molar-refractivity contribution in [3.63, 3.8) is 0 Å². The largest absolute Gasteiger partial charge is 0.0654 e. The highest BCUT2D eigenvalue weighted by molar-refractivity contribution is 5.50. The number of benzene rings is 3. The minimum absolute atomic E-state index is 0.507. The van der Waals surface area contributed by atoms with Crippen molar-refractivity contribution in [2.24, 2.45) is 5.92 Å². The van der Waals surface area contributed by atoms with E-state index in [2.05, 4.69) is 91.9 Å². The van der Waals surface area contributed by atoms with E-state index in [1.807, 2.05) is 0 Å². The van der Waals surface area contributed by atoms with E-state index in [-0.39, 0.29) is 0 Å². The first-order chi connectivity index (χ1) is 11.9. The van der Waals surface area contributed by atoms with E-state index in [9.17, 15) is 0 Å². The van der Waals surface area contributed by atoms with Gasteiger partial charge in [0.2, 0.25) is 0 Å². The smallest absolute Gasteiger partial charge is 0.0130 e. The van der Waals surface area contributed by atoms with E-state index in [0.29, 0.717) is 17.8 Å². The number of rotatable bonds is 4. The molecule has 0 N–H and O–H groups in total. The third kappa shape index (κ3) is 2.57. The van der Waals surface area contributed by atoms with Crippen LogP contribution in [-0.2, 0) is 0 Å². The highest BCUT2D eigenvalue weighted by Gasteiger charge is 2.41. The first kappa shape index (κ1) is 15.2. The molecule has 0 heterocycles. The molecule has 1 aliphatic carbocycles. The number of fused-ring (bicyclic) bond motifs is 1. The predicted octanol–water partition coefficient (Wildman–Crippen LogP) is 6.38. The zero-order chi connectivity index (χ0) is 16.4. The van der Waals surface area contributed by atoms with E-state index in [1.54, 1.807) is 0 Å². The molecule has 0 fully saturated rings. The molecule has 3 atom stereocenters. The average Bonchev–Trinajstić information content (AvgIpc) is 2.97. The van der Waals surface area contributed by atoms with Gasteiger partial charge in [-0.2, -0.15) is 0 Å². The summed E-state index contributed by atoms with van der Waals surface area (Å²) in [6.45, 7) is 2.31. The normalized spacial score (nSPS) is 22.3. The van der Waals surface area contributed by atoms with Crippen molar-refractivity contribution in [2.75, 3.05) is 0 Å². The van der Waals surface area contributed by atoms with E-state index in [4.69, 9.17) is 0 Å². The Labute approximate surface area is 145 Å². The van der Waals surface area contributed by atoms with Gasteiger partial charge < -0.3 is 0 Å². The quantitative estimate of drug-likeness (QED) is 0.524. The molecule has 3 aromatic rings. The van der Waals surface area contributed by atoms with E-state index >= 15 is 0 Å². The van der Waals surface area contributed by atoms with Gasteiger partial charge in [-0.15, -0.1) is 0 Å². The Balaban J connectivity index is 1.88. The molecule has 0 heteroatoms. The zero-order valence-corrected chi connectivity index (χ0v) is 14.2. The second-order valence-corrected chi connectivity index (χ2v) is 6.86. The van der Waals surface area contributed by atoms with Crippen LogP contribution in [0.15, 0.2) is 84.9 Å². The minimum Gasteiger partial charge on any atom is -0.0654 e. The number of hydrogen-bond acceptors (Lipinski definition) is 0. The maximum atomic E-state index is 2.35.